The van der Waals surface area contributed by atoms with Crippen LogP contribution in [-0.2, 0) is 20.4 Å². The minimum atomic E-state index is -0.775. The summed E-state index contributed by atoms with van der Waals surface area (Å²) >= 11 is 1.59. The Bertz CT molecular complexity index is 831. The quantitative estimate of drug-likeness (QED) is 0.255. The van der Waals surface area contributed by atoms with Crippen LogP contribution in [0.1, 0.15) is 58.6 Å². The lowest BCUT2D eigenvalue weighted by atomic mass is 9.81. The molecule has 5 heteroatoms. The van der Waals surface area contributed by atoms with Gasteiger partial charge in [-0.2, -0.15) is 0 Å². The van der Waals surface area contributed by atoms with E-state index in [1.807, 2.05) is 38.1 Å². The normalized spacial score (nSPS) is 11.9. The van der Waals surface area contributed by atoms with Crippen LogP contribution < -0.4 is 4.74 Å². The molecule has 2 rings (SSSR count). The maximum Gasteiger partial charge on any atom is 0.321 e. The Morgan fingerprint density at radius 2 is 1.45 bits per heavy atom. The van der Waals surface area contributed by atoms with Gasteiger partial charge in [-0.25, -0.2) is 0 Å². The van der Waals surface area contributed by atoms with E-state index >= 15 is 0 Å². The number of aliphatic carboxylic acids is 1. The smallest absolute Gasteiger partial charge is 0.321 e. The largest absolute Gasteiger partial charge is 0.481 e. The predicted octanol–water partition coefficient (Wildman–Crippen LogP) is 5.82. The molecule has 0 amide bonds. The van der Waals surface area contributed by atoms with Gasteiger partial charge in [-0.05, 0) is 66.8 Å². The van der Waals surface area contributed by atoms with Crippen LogP contribution in [0, 0.1) is 0 Å². The molecule has 0 aliphatic carbocycles. The summed E-state index contributed by atoms with van der Waals surface area (Å²) in [6.45, 7) is 10.2. The molecule has 156 valence electrons. The summed E-state index contributed by atoms with van der Waals surface area (Å²) < 4.78 is 5.62. The number of rotatable bonds is 8. The van der Waals surface area contributed by atoms with Gasteiger partial charge in [0.15, 0.2) is 0 Å². The van der Waals surface area contributed by atoms with Gasteiger partial charge in [-0.15, -0.1) is 11.8 Å². The second-order valence-electron chi connectivity index (χ2n) is 8.66. The standard InChI is InChI=1S/C24H30O4S/c1-23(2,3)17-8-10-18(11-9-17)24(4,5)22(27)28-19-12-14-20(15-13-19)29-16-6-7-21(25)26/h8-15H,6-7,16H2,1-5H3,(H,25,26). The lowest BCUT2D eigenvalue weighted by Gasteiger charge is -2.25. The number of hydrogen-bond acceptors (Lipinski definition) is 4. The third-order valence-electron chi connectivity index (χ3n) is 4.82. The number of hydrogen-bond donors (Lipinski definition) is 1. The number of esters is 1. The number of carboxylic acids is 1. The molecule has 0 bridgehead atoms. The lowest BCUT2D eigenvalue weighted by Crippen LogP contribution is -2.33. The minimum Gasteiger partial charge on any atom is -0.481 e. The van der Waals surface area contributed by atoms with Crippen molar-refractivity contribution in [3.8, 4) is 5.75 Å². The highest BCUT2D eigenvalue weighted by atomic mass is 32.2. The molecular weight excluding hydrogens is 384 g/mol. The van der Waals surface area contributed by atoms with Gasteiger partial charge in [0.05, 0.1) is 5.41 Å². The summed E-state index contributed by atoms with van der Waals surface area (Å²) in [4.78, 5) is 24.4. The molecule has 0 aliphatic heterocycles. The lowest BCUT2D eigenvalue weighted by molar-refractivity contribution is -0.140. The van der Waals surface area contributed by atoms with E-state index in [0.717, 1.165) is 16.2 Å². The van der Waals surface area contributed by atoms with Crippen LogP contribution in [0.4, 0.5) is 0 Å². The van der Waals surface area contributed by atoms with Gasteiger partial charge >= 0.3 is 11.9 Å². The number of carbonyl (C=O) groups is 2. The Labute approximate surface area is 177 Å². The Balaban J connectivity index is 1.98. The van der Waals surface area contributed by atoms with Crippen molar-refractivity contribution in [3.05, 3.63) is 59.7 Å². The van der Waals surface area contributed by atoms with Crippen molar-refractivity contribution in [3.63, 3.8) is 0 Å². The number of carbonyl (C=O) groups excluding carboxylic acids is 1. The van der Waals surface area contributed by atoms with Gasteiger partial charge < -0.3 is 9.84 Å². The summed E-state index contributed by atoms with van der Waals surface area (Å²) in [5, 5.41) is 8.67. The molecule has 0 radical (unpaired) electrons. The Hall–Kier alpha value is -2.27. The molecule has 29 heavy (non-hydrogen) atoms. The van der Waals surface area contributed by atoms with Gasteiger partial charge in [-0.3, -0.25) is 9.59 Å². The number of ether oxygens (including phenoxy) is 1. The van der Waals surface area contributed by atoms with E-state index in [-0.39, 0.29) is 17.8 Å². The van der Waals surface area contributed by atoms with Crippen molar-refractivity contribution in [1.29, 1.82) is 0 Å². The zero-order valence-corrected chi connectivity index (χ0v) is 18.6. The van der Waals surface area contributed by atoms with Gasteiger partial charge in [0.2, 0.25) is 0 Å². The fourth-order valence-corrected chi connectivity index (χ4v) is 3.61. The molecule has 0 unspecified atom stereocenters. The second-order valence-corrected chi connectivity index (χ2v) is 9.83. The molecule has 0 saturated carbocycles. The number of thioether (sulfide) groups is 1. The van der Waals surface area contributed by atoms with Crippen LogP contribution >= 0.6 is 11.8 Å². The maximum absolute atomic E-state index is 12.8. The summed E-state index contributed by atoms with van der Waals surface area (Å²) in [6, 6.07) is 15.5. The second kappa shape index (κ2) is 9.49. The van der Waals surface area contributed by atoms with E-state index in [9.17, 15) is 9.59 Å². The molecule has 2 aromatic carbocycles. The average molecular weight is 415 g/mol. The molecule has 0 spiro atoms. The van der Waals surface area contributed by atoms with E-state index in [1.54, 1.807) is 23.9 Å². The van der Waals surface area contributed by atoms with Crippen LogP contribution in [0.2, 0.25) is 0 Å². The topological polar surface area (TPSA) is 63.6 Å². The molecule has 4 nitrogen and oxygen atoms in total. The van der Waals surface area contributed by atoms with Gasteiger partial charge in [0.1, 0.15) is 5.75 Å². The van der Waals surface area contributed by atoms with E-state index in [1.165, 1.54) is 5.56 Å². The molecule has 0 atom stereocenters. The third kappa shape index (κ3) is 6.64. The molecule has 1 N–H and O–H groups in total. The number of benzene rings is 2. The highest BCUT2D eigenvalue weighted by Crippen LogP contribution is 2.30. The Morgan fingerprint density at radius 3 is 1.97 bits per heavy atom. The number of carboxylic acid groups (broad SMARTS) is 1. The molecular formula is C24H30O4S. The Morgan fingerprint density at radius 1 is 0.897 bits per heavy atom. The van der Waals surface area contributed by atoms with Crippen molar-refractivity contribution in [2.45, 2.75) is 63.2 Å². The molecule has 0 aromatic heterocycles. The van der Waals surface area contributed by atoms with Crippen LogP contribution in [-0.4, -0.2) is 22.8 Å². The summed E-state index contributed by atoms with van der Waals surface area (Å²) in [7, 11) is 0. The first-order valence-electron chi connectivity index (χ1n) is 9.78. The molecule has 0 saturated heterocycles. The molecule has 2 aromatic rings. The van der Waals surface area contributed by atoms with Crippen LogP contribution in [0.5, 0.6) is 5.75 Å². The van der Waals surface area contributed by atoms with E-state index < -0.39 is 11.4 Å². The van der Waals surface area contributed by atoms with Gasteiger partial charge in [-0.1, -0.05) is 45.0 Å². The first-order valence-corrected chi connectivity index (χ1v) is 10.8. The summed E-state index contributed by atoms with van der Waals surface area (Å²) in [5.74, 6) is 0.166. The summed E-state index contributed by atoms with van der Waals surface area (Å²) in [6.07, 6.45) is 0.799. The van der Waals surface area contributed by atoms with Crippen molar-refractivity contribution in [1.82, 2.24) is 0 Å². The highest BCUT2D eigenvalue weighted by molar-refractivity contribution is 7.99. The third-order valence-corrected chi connectivity index (χ3v) is 5.92. The molecule has 0 aliphatic rings. The average Bonchev–Trinajstić information content (AvgIpc) is 2.65. The van der Waals surface area contributed by atoms with Crippen LogP contribution in [0.15, 0.2) is 53.4 Å². The van der Waals surface area contributed by atoms with Gasteiger partial charge in [0, 0.05) is 11.3 Å². The Kier molecular flexibility index (Phi) is 7.53. The minimum absolute atomic E-state index is 0.0660. The summed E-state index contributed by atoms with van der Waals surface area (Å²) in [5.41, 5.74) is 1.44. The van der Waals surface area contributed by atoms with E-state index in [4.69, 9.17) is 9.84 Å². The fourth-order valence-electron chi connectivity index (χ4n) is 2.76. The molecule has 0 fully saturated rings. The van der Waals surface area contributed by atoms with Crippen molar-refractivity contribution < 1.29 is 19.4 Å². The predicted molar refractivity (Wildman–Crippen MR) is 118 cm³/mol. The van der Waals surface area contributed by atoms with Crippen LogP contribution in [0.3, 0.4) is 0 Å². The zero-order chi connectivity index (χ0) is 21.7. The van der Waals surface area contributed by atoms with Gasteiger partial charge in [0.25, 0.3) is 0 Å². The van der Waals surface area contributed by atoms with Crippen LogP contribution in [0.25, 0.3) is 0 Å². The SMILES string of the molecule is CC(C)(C)c1ccc(C(C)(C)C(=O)Oc2ccc(SCCCC(=O)O)cc2)cc1. The van der Waals surface area contributed by atoms with Crippen molar-refractivity contribution in [2.24, 2.45) is 0 Å². The fraction of sp³-hybridized carbons (Fsp3) is 0.417. The maximum atomic E-state index is 12.8. The van der Waals surface area contributed by atoms with E-state index in [0.29, 0.717) is 12.2 Å². The van der Waals surface area contributed by atoms with Crippen molar-refractivity contribution in [2.75, 3.05) is 5.75 Å². The van der Waals surface area contributed by atoms with E-state index in [2.05, 4.69) is 32.9 Å². The first-order chi connectivity index (χ1) is 13.5. The zero-order valence-electron chi connectivity index (χ0n) is 17.8. The van der Waals surface area contributed by atoms with Crippen molar-refractivity contribution >= 4 is 23.7 Å². The monoisotopic (exact) mass is 414 g/mol. The molecule has 0 heterocycles. The highest BCUT2D eigenvalue weighted by Gasteiger charge is 2.32. The first kappa shape index (κ1) is 23.0.